The predicted molar refractivity (Wildman–Crippen MR) is 43.4 cm³/mol. The molecule has 0 unspecified atom stereocenters. The zero-order valence-electron chi connectivity index (χ0n) is 7.46. The third kappa shape index (κ3) is 0.967. The van der Waals surface area contributed by atoms with E-state index in [4.69, 9.17) is 0 Å². The van der Waals surface area contributed by atoms with Gasteiger partial charge in [0.1, 0.15) is 5.41 Å². The highest BCUT2D eigenvalue weighted by atomic mass is 16.5. The molecule has 0 saturated heterocycles. The first-order valence-corrected chi connectivity index (χ1v) is 3.84. The Morgan fingerprint density at radius 1 is 1.67 bits per heavy atom. The molecular formula is C9H12O3. The third-order valence-corrected chi connectivity index (χ3v) is 2.57. The zero-order chi connectivity index (χ0) is 9.35. The average molecular weight is 168 g/mol. The van der Waals surface area contributed by atoms with Crippen LogP contribution in [-0.2, 0) is 14.3 Å². The van der Waals surface area contributed by atoms with Gasteiger partial charge < -0.3 is 4.74 Å². The molecule has 66 valence electrons. The highest BCUT2D eigenvalue weighted by Gasteiger charge is 2.47. The molecule has 1 aliphatic rings. The molecule has 2 atom stereocenters. The molecule has 0 radical (unpaired) electrons. The van der Waals surface area contributed by atoms with E-state index in [1.165, 1.54) is 13.2 Å². The average Bonchev–Trinajstić information content (AvgIpc) is 2.32. The molecule has 12 heavy (non-hydrogen) atoms. The fourth-order valence-corrected chi connectivity index (χ4v) is 1.32. The van der Waals surface area contributed by atoms with Gasteiger partial charge in [0.2, 0.25) is 0 Å². The van der Waals surface area contributed by atoms with E-state index in [-0.39, 0.29) is 11.7 Å². The molecule has 0 bridgehead atoms. The quantitative estimate of drug-likeness (QED) is 0.432. The molecule has 0 aliphatic heterocycles. The van der Waals surface area contributed by atoms with E-state index >= 15 is 0 Å². The van der Waals surface area contributed by atoms with E-state index < -0.39 is 11.4 Å². The van der Waals surface area contributed by atoms with E-state index in [0.717, 1.165) is 0 Å². The Bertz CT molecular complexity index is 254. The third-order valence-electron chi connectivity index (χ3n) is 2.57. The molecule has 1 aliphatic carbocycles. The minimum atomic E-state index is -0.991. The minimum Gasteiger partial charge on any atom is -0.468 e. The monoisotopic (exact) mass is 168 g/mol. The van der Waals surface area contributed by atoms with E-state index in [0.29, 0.717) is 0 Å². The van der Waals surface area contributed by atoms with E-state index in [2.05, 4.69) is 4.74 Å². The summed E-state index contributed by atoms with van der Waals surface area (Å²) in [7, 11) is 1.30. The summed E-state index contributed by atoms with van der Waals surface area (Å²) in [4.78, 5) is 22.6. The fourth-order valence-electron chi connectivity index (χ4n) is 1.32. The summed E-state index contributed by atoms with van der Waals surface area (Å²) in [6.07, 6.45) is 3.18. The predicted octanol–water partition coefficient (Wildman–Crippen LogP) is 0.941. The second-order valence-electron chi connectivity index (χ2n) is 3.21. The molecule has 1 rings (SSSR count). The van der Waals surface area contributed by atoms with Crippen molar-refractivity contribution in [1.29, 1.82) is 0 Å². The molecule has 0 heterocycles. The molecule has 0 fully saturated rings. The lowest BCUT2D eigenvalue weighted by atomic mass is 9.79. The zero-order valence-corrected chi connectivity index (χ0v) is 7.46. The number of esters is 1. The van der Waals surface area contributed by atoms with Crippen molar-refractivity contribution < 1.29 is 14.3 Å². The summed E-state index contributed by atoms with van der Waals surface area (Å²) < 4.78 is 4.58. The highest BCUT2D eigenvalue weighted by Crippen LogP contribution is 2.35. The van der Waals surface area contributed by atoms with Crippen LogP contribution in [-0.4, -0.2) is 18.9 Å². The van der Waals surface area contributed by atoms with Gasteiger partial charge in [0.25, 0.3) is 0 Å². The molecule has 0 aromatic heterocycles. The molecule has 3 nitrogen and oxygen atoms in total. The van der Waals surface area contributed by atoms with Crippen molar-refractivity contribution >= 4 is 11.8 Å². The second-order valence-corrected chi connectivity index (χ2v) is 3.21. The summed E-state index contributed by atoms with van der Waals surface area (Å²) in [6, 6.07) is 0. The van der Waals surface area contributed by atoms with Crippen LogP contribution in [0.5, 0.6) is 0 Å². The van der Waals surface area contributed by atoms with Crippen LogP contribution in [0.25, 0.3) is 0 Å². The van der Waals surface area contributed by atoms with Crippen LogP contribution >= 0.6 is 0 Å². The van der Waals surface area contributed by atoms with Gasteiger partial charge in [-0.25, -0.2) is 0 Å². The fraction of sp³-hybridized carbons (Fsp3) is 0.556. The molecule has 0 saturated carbocycles. The van der Waals surface area contributed by atoms with Crippen molar-refractivity contribution in [1.82, 2.24) is 0 Å². The first-order chi connectivity index (χ1) is 5.53. The first-order valence-electron chi connectivity index (χ1n) is 3.84. The normalized spacial score (nSPS) is 33.9. The van der Waals surface area contributed by atoms with Crippen LogP contribution < -0.4 is 0 Å². The lowest BCUT2D eigenvalue weighted by molar-refractivity contribution is -0.156. The van der Waals surface area contributed by atoms with Gasteiger partial charge in [0.15, 0.2) is 5.78 Å². The first kappa shape index (κ1) is 8.97. The van der Waals surface area contributed by atoms with E-state index in [1.807, 2.05) is 6.92 Å². The Labute approximate surface area is 71.4 Å². The van der Waals surface area contributed by atoms with Crippen molar-refractivity contribution in [3.05, 3.63) is 12.2 Å². The lowest BCUT2D eigenvalue weighted by Crippen LogP contribution is -2.38. The van der Waals surface area contributed by atoms with Crippen molar-refractivity contribution in [2.45, 2.75) is 13.8 Å². The molecule has 3 heteroatoms. The standard InChI is InChI=1S/C9H12O3/c1-6-4-5-7(10)9(6,2)8(11)12-3/h4-6H,1-3H3/t6-,9+/m1/s1. The van der Waals surface area contributed by atoms with Gasteiger partial charge >= 0.3 is 5.97 Å². The summed E-state index contributed by atoms with van der Waals surface area (Å²) in [5, 5.41) is 0. The Hall–Kier alpha value is -1.12. The maximum absolute atomic E-state index is 11.3. The van der Waals surface area contributed by atoms with Crippen molar-refractivity contribution in [2.24, 2.45) is 11.3 Å². The summed E-state index contributed by atoms with van der Waals surface area (Å²) in [5.41, 5.74) is -0.991. The van der Waals surface area contributed by atoms with Crippen LogP contribution in [0.15, 0.2) is 12.2 Å². The maximum Gasteiger partial charge on any atom is 0.320 e. The lowest BCUT2D eigenvalue weighted by Gasteiger charge is -2.23. The van der Waals surface area contributed by atoms with E-state index in [1.54, 1.807) is 13.0 Å². The molecular weight excluding hydrogens is 156 g/mol. The number of methoxy groups -OCH3 is 1. The SMILES string of the molecule is COC(=O)[C@]1(C)C(=O)C=C[C@H]1C. The Morgan fingerprint density at radius 2 is 2.25 bits per heavy atom. The molecule has 0 aromatic carbocycles. The van der Waals surface area contributed by atoms with Gasteiger partial charge in [-0.15, -0.1) is 0 Å². The van der Waals surface area contributed by atoms with Gasteiger partial charge in [-0.1, -0.05) is 13.0 Å². The minimum absolute atomic E-state index is 0.0718. The summed E-state index contributed by atoms with van der Waals surface area (Å²) in [6.45, 7) is 3.45. The smallest absolute Gasteiger partial charge is 0.320 e. The number of ether oxygens (including phenoxy) is 1. The number of allylic oxidation sites excluding steroid dienone is 2. The van der Waals surface area contributed by atoms with Crippen LogP contribution in [0.3, 0.4) is 0 Å². The highest BCUT2D eigenvalue weighted by molar-refractivity contribution is 6.11. The van der Waals surface area contributed by atoms with Gasteiger partial charge in [0, 0.05) is 0 Å². The number of ketones is 1. The van der Waals surface area contributed by atoms with Gasteiger partial charge in [-0.3, -0.25) is 9.59 Å². The second kappa shape index (κ2) is 2.73. The van der Waals surface area contributed by atoms with E-state index in [9.17, 15) is 9.59 Å². The molecule has 0 aromatic rings. The number of rotatable bonds is 1. The van der Waals surface area contributed by atoms with Crippen LogP contribution in [0.1, 0.15) is 13.8 Å². The summed E-state index contributed by atoms with van der Waals surface area (Å²) >= 11 is 0. The number of hydrogen-bond donors (Lipinski definition) is 0. The number of hydrogen-bond acceptors (Lipinski definition) is 3. The van der Waals surface area contributed by atoms with Crippen LogP contribution in [0, 0.1) is 11.3 Å². The topological polar surface area (TPSA) is 43.4 Å². The Kier molecular flexibility index (Phi) is 2.04. The maximum atomic E-state index is 11.3. The number of carbonyl (C=O) groups excluding carboxylic acids is 2. The largest absolute Gasteiger partial charge is 0.468 e. The van der Waals surface area contributed by atoms with Gasteiger partial charge in [-0.2, -0.15) is 0 Å². The van der Waals surface area contributed by atoms with Crippen molar-refractivity contribution in [3.8, 4) is 0 Å². The van der Waals surface area contributed by atoms with Gasteiger partial charge in [0.05, 0.1) is 7.11 Å². The molecule has 0 N–H and O–H groups in total. The summed E-state index contributed by atoms with van der Waals surface area (Å²) in [5.74, 6) is -0.690. The Morgan fingerprint density at radius 3 is 2.58 bits per heavy atom. The molecule has 0 spiro atoms. The van der Waals surface area contributed by atoms with Crippen LogP contribution in [0.2, 0.25) is 0 Å². The Balaban J connectivity index is 2.98. The van der Waals surface area contributed by atoms with Gasteiger partial charge in [-0.05, 0) is 18.9 Å². The number of carbonyl (C=O) groups is 2. The van der Waals surface area contributed by atoms with Crippen LogP contribution in [0.4, 0.5) is 0 Å². The molecule has 0 amide bonds. The van der Waals surface area contributed by atoms with Crippen molar-refractivity contribution in [2.75, 3.05) is 7.11 Å². The van der Waals surface area contributed by atoms with Crippen molar-refractivity contribution in [3.63, 3.8) is 0 Å².